The lowest BCUT2D eigenvalue weighted by Crippen LogP contribution is -2.11. The van der Waals surface area contributed by atoms with E-state index in [9.17, 15) is 0 Å². The number of hydrogen-bond acceptors (Lipinski definition) is 5. The first-order valence-corrected chi connectivity index (χ1v) is 6.73. The number of rotatable bonds is 5. The normalized spacial score (nSPS) is 10.7. The second-order valence-electron chi connectivity index (χ2n) is 4.73. The zero-order valence-electron chi connectivity index (χ0n) is 12.1. The van der Waals surface area contributed by atoms with Crippen LogP contribution in [0.4, 0.5) is 5.82 Å². The maximum Gasteiger partial charge on any atom is 0.165 e. The van der Waals surface area contributed by atoms with Crippen LogP contribution in [0.25, 0.3) is 11.4 Å². The van der Waals surface area contributed by atoms with E-state index in [1.807, 2.05) is 37.3 Å². The number of nitrogens with two attached hydrogens (primary N) is 1. The van der Waals surface area contributed by atoms with Crippen LogP contribution in [0.15, 0.2) is 30.3 Å². The molecule has 0 atom stereocenters. The summed E-state index contributed by atoms with van der Waals surface area (Å²) in [6.45, 7) is 6.72. The fourth-order valence-corrected chi connectivity index (χ4v) is 1.89. The van der Waals surface area contributed by atoms with Crippen molar-refractivity contribution in [2.24, 2.45) is 5.84 Å². The van der Waals surface area contributed by atoms with Gasteiger partial charge in [-0.3, -0.25) is 0 Å². The molecule has 0 spiro atoms. The minimum Gasteiger partial charge on any atom is -0.493 e. The molecule has 0 bridgehead atoms. The highest BCUT2D eigenvalue weighted by Gasteiger charge is 2.12. The van der Waals surface area contributed by atoms with Gasteiger partial charge in [-0.15, -0.1) is 0 Å². The molecule has 1 heterocycles. The highest BCUT2D eigenvalue weighted by molar-refractivity contribution is 5.65. The number of nitrogens with one attached hydrogen (secondary N) is 1. The zero-order valence-corrected chi connectivity index (χ0v) is 12.1. The Morgan fingerprint density at radius 2 is 2.00 bits per heavy atom. The number of hydrogen-bond donors (Lipinski definition) is 2. The van der Waals surface area contributed by atoms with E-state index in [0.717, 1.165) is 17.0 Å². The summed E-state index contributed by atoms with van der Waals surface area (Å²) in [5, 5.41) is 0. The number of nitrogen functional groups attached to an aromatic ring is 1. The maximum absolute atomic E-state index is 5.63. The van der Waals surface area contributed by atoms with E-state index in [0.29, 0.717) is 24.2 Å². The number of nitrogens with zero attached hydrogens (tertiary/aromatic N) is 2. The van der Waals surface area contributed by atoms with Gasteiger partial charge in [0.15, 0.2) is 5.82 Å². The van der Waals surface area contributed by atoms with Crippen molar-refractivity contribution in [3.63, 3.8) is 0 Å². The lowest BCUT2D eigenvalue weighted by Gasteiger charge is -2.12. The van der Waals surface area contributed by atoms with Gasteiger partial charge in [0.1, 0.15) is 11.6 Å². The summed E-state index contributed by atoms with van der Waals surface area (Å²) >= 11 is 0. The summed E-state index contributed by atoms with van der Waals surface area (Å²) in [4.78, 5) is 9.03. The van der Waals surface area contributed by atoms with Gasteiger partial charge in [0.25, 0.3) is 0 Å². The molecule has 0 aliphatic carbocycles. The van der Waals surface area contributed by atoms with Crippen LogP contribution in [-0.2, 0) is 0 Å². The van der Waals surface area contributed by atoms with Crippen LogP contribution < -0.4 is 16.0 Å². The molecule has 2 aromatic rings. The monoisotopic (exact) mass is 272 g/mol. The third kappa shape index (κ3) is 3.05. The SMILES string of the molecule is CCOc1ccccc1-c1nc(NN)cc(C(C)C)n1. The summed E-state index contributed by atoms with van der Waals surface area (Å²) in [5.74, 6) is 7.78. The Morgan fingerprint density at radius 1 is 1.25 bits per heavy atom. The van der Waals surface area contributed by atoms with Gasteiger partial charge >= 0.3 is 0 Å². The average Bonchev–Trinajstić information content (AvgIpc) is 2.47. The fraction of sp³-hybridized carbons (Fsp3) is 0.333. The smallest absolute Gasteiger partial charge is 0.165 e. The van der Waals surface area contributed by atoms with E-state index in [4.69, 9.17) is 10.6 Å². The van der Waals surface area contributed by atoms with Crippen molar-refractivity contribution in [2.75, 3.05) is 12.0 Å². The van der Waals surface area contributed by atoms with Crippen LogP contribution in [0.1, 0.15) is 32.4 Å². The third-order valence-electron chi connectivity index (χ3n) is 2.91. The van der Waals surface area contributed by atoms with Crippen LogP contribution in [0.5, 0.6) is 5.75 Å². The Hall–Kier alpha value is -2.14. The van der Waals surface area contributed by atoms with Crippen molar-refractivity contribution >= 4 is 5.82 Å². The van der Waals surface area contributed by atoms with Crippen LogP contribution >= 0.6 is 0 Å². The quantitative estimate of drug-likeness (QED) is 0.646. The molecule has 0 saturated carbocycles. The summed E-state index contributed by atoms with van der Waals surface area (Å²) in [6, 6.07) is 9.60. The molecule has 3 N–H and O–H groups in total. The molecule has 0 radical (unpaired) electrons. The first kappa shape index (κ1) is 14.3. The summed E-state index contributed by atoms with van der Waals surface area (Å²) in [5.41, 5.74) is 4.40. The molecule has 1 aromatic heterocycles. The number of ether oxygens (including phenoxy) is 1. The van der Waals surface area contributed by atoms with Crippen molar-refractivity contribution in [1.82, 2.24) is 9.97 Å². The van der Waals surface area contributed by atoms with Crippen LogP contribution in [0, 0.1) is 0 Å². The zero-order chi connectivity index (χ0) is 14.5. The second kappa shape index (κ2) is 6.34. The second-order valence-corrected chi connectivity index (χ2v) is 4.73. The molecule has 0 aliphatic rings. The summed E-state index contributed by atoms with van der Waals surface area (Å²) < 4.78 is 5.63. The molecule has 0 saturated heterocycles. The van der Waals surface area contributed by atoms with Gasteiger partial charge in [-0.1, -0.05) is 26.0 Å². The Kier molecular flexibility index (Phi) is 4.53. The molecule has 1 aromatic carbocycles. The van der Waals surface area contributed by atoms with Gasteiger partial charge in [-0.2, -0.15) is 0 Å². The van der Waals surface area contributed by atoms with E-state index in [2.05, 4.69) is 29.2 Å². The molecule has 2 rings (SSSR count). The number of aromatic nitrogens is 2. The van der Waals surface area contributed by atoms with Crippen molar-refractivity contribution < 1.29 is 4.74 Å². The number of hydrazine groups is 1. The molecule has 0 amide bonds. The van der Waals surface area contributed by atoms with Crippen molar-refractivity contribution in [3.05, 3.63) is 36.0 Å². The highest BCUT2D eigenvalue weighted by atomic mass is 16.5. The largest absolute Gasteiger partial charge is 0.493 e. The van der Waals surface area contributed by atoms with Gasteiger partial charge in [-0.05, 0) is 25.0 Å². The first-order valence-electron chi connectivity index (χ1n) is 6.73. The lowest BCUT2D eigenvalue weighted by atomic mass is 10.1. The van der Waals surface area contributed by atoms with E-state index >= 15 is 0 Å². The van der Waals surface area contributed by atoms with Crippen molar-refractivity contribution in [3.8, 4) is 17.1 Å². The first-order chi connectivity index (χ1) is 9.65. The maximum atomic E-state index is 5.63. The topological polar surface area (TPSA) is 73.1 Å². The van der Waals surface area contributed by atoms with Gasteiger partial charge in [-0.25, -0.2) is 15.8 Å². The number of benzene rings is 1. The summed E-state index contributed by atoms with van der Waals surface area (Å²) in [7, 11) is 0. The molecule has 0 unspecified atom stereocenters. The Morgan fingerprint density at radius 3 is 2.65 bits per heavy atom. The van der Waals surface area contributed by atoms with E-state index in [-0.39, 0.29) is 0 Å². The van der Waals surface area contributed by atoms with Gasteiger partial charge in [0.2, 0.25) is 0 Å². The molecule has 106 valence electrons. The Bertz CT molecular complexity index is 584. The van der Waals surface area contributed by atoms with Crippen LogP contribution in [0.3, 0.4) is 0 Å². The highest BCUT2D eigenvalue weighted by Crippen LogP contribution is 2.29. The van der Waals surface area contributed by atoms with Crippen LogP contribution in [0.2, 0.25) is 0 Å². The van der Waals surface area contributed by atoms with Gasteiger partial charge in [0.05, 0.1) is 12.2 Å². The van der Waals surface area contributed by atoms with Crippen LogP contribution in [-0.4, -0.2) is 16.6 Å². The fourth-order valence-electron chi connectivity index (χ4n) is 1.89. The molecule has 0 fully saturated rings. The molecule has 0 aliphatic heterocycles. The number of anilines is 1. The van der Waals surface area contributed by atoms with E-state index in [1.165, 1.54) is 0 Å². The third-order valence-corrected chi connectivity index (χ3v) is 2.91. The molecule has 5 nitrogen and oxygen atoms in total. The van der Waals surface area contributed by atoms with Gasteiger partial charge in [0, 0.05) is 11.8 Å². The van der Waals surface area contributed by atoms with E-state index < -0.39 is 0 Å². The molecule has 20 heavy (non-hydrogen) atoms. The Labute approximate surface area is 119 Å². The van der Waals surface area contributed by atoms with Crippen molar-refractivity contribution in [1.29, 1.82) is 0 Å². The predicted molar refractivity (Wildman–Crippen MR) is 80.5 cm³/mol. The summed E-state index contributed by atoms with van der Waals surface area (Å²) in [6.07, 6.45) is 0. The minimum atomic E-state index is 0.295. The molecule has 5 heteroatoms. The van der Waals surface area contributed by atoms with Gasteiger partial charge < -0.3 is 10.2 Å². The lowest BCUT2D eigenvalue weighted by molar-refractivity contribution is 0.341. The standard InChI is InChI=1S/C15H20N4O/c1-4-20-13-8-6-5-7-11(13)15-17-12(10(2)3)9-14(18-15)19-16/h5-10H,4,16H2,1-3H3,(H,17,18,19). The molecular weight excluding hydrogens is 252 g/mol. The van der Waals surface area contributed by atoms with Crippen molar-refractivity contribution in [2.45, 2.75) is 26.7 Å². The minimum absolute atomic E-state index is 0.295. The Balaban J connectivity index is 2.54. The van der Waals surface area contributed by atoms with E-state index in [1.54, 1.807) is 0 Å². The number of para-hydroxylation sites is 1. The molecular formula is C15H20N4O. The average molecular weight is 272 g/mol. The predicted octanol–water partition coefficient (Wildman–Crippen LogP) is 2.95.